The first kappa shape index (κ1) is 18.3. The van der Waals surface area contributed by atoms with E-state index in [4.69, 9.17) is 4.74 Å². The molecule has 3 amide bonds. The standard InChI is InChI=1S/C19H23N3O3/c1-13(2)20-19(24)22-16-9-6-8-15(11-16)21-18(23)12-25-17-10-5-4-7-14(17)3/h4-11,13H,12H2,1-3H3,(H,21,23)(H2,20,22,24). The largest absolute Gasteiger partial charge is 0.483 e. The van der Waals surface area contributed by atoms with Crippen LogP contribution < -0.4 is 20.7 Å². The molecule has 0 aliphatic heterocycles. The Bertz CT molecular complexity index is 744. The van der Waals surface area contributed by atoms with Gasteiger partial charge in [0.2, 0.25) is 0 Å². The van der Waals surface area contributed by atoms with Crippen molar-refractivity contribution in [3.63, 3.8) is 0 Å². The van der Waals surface area contributed by atoms with Crippen molar-refractivity contribution in [2.75, 3.05) is 17.2 Å². The van der Waals surface area contributed by atoms with Crippen LogP contribution >= 0.6 is 0 Å². The van der Waals surface area contributed by atoms with Crippen LogP contribution in [0.15, 0.2) is 48.5 Å². The van der Waals surface area contributed by atoms with Gasteiger partial charge in [0.15, 0.2) is 6.61 Å². The lowest BCUT2D eigenvalue weighted by atomic mass is 10.2. The van der Waals surface area contributed by atoms with E-state index in [1.807, 2.05) is 45.0 Å². The van der Waals surface area contributed by atoms with Gasteiger partial charge in [-0.1, -0.05) is 24.3 Å². The topological polar surface area (TPSA) is 79.5 Å². The molecule has 0 saturated heterocycles. The van der Waals surface area contributed by atoms with E-state index in [-0.39, 0.29) is 24.6 Å². The van der Waals surface area contributed by atoms with Gasteiger partial charge in [-0.15, -0.1) is 0 Å². The summed E-state index contributed by atoms with van der Waals surface area (Å²) in [6, 6.07) is 14.2. The average molecular weight is 341 g/mol. The van der Waals surface area contributed by atoms with E-state index in [2.05, 4.69) is 16.0 Å². The quantitative estimate of drug-likeness (QED) is 0.752. The molecule has 0 saturated carbocycles. The molecule has 132 valence electrons. The highest BCUT2D eigenvalue weighted by Crippen LogP contribution is 2.17. The molecule has 0 fully saturated rings. The lowest BCUT2D eigenvalue weighted by Crippen LogP contribution is -2.34. The van der Waals surface area contributed by atoms with Crippen LogP contribution in [0.2, 0.25) is 0 Å². The molecule has 0 bridgehead atoms. The Kier molecular flexibility index (Phi) is 6.39. The lowest BCUT2D eigenvalue weighted by molar-refractivity contribution is -0.118. The molecule has 6 heteroatoms. The van der Waals surface area contributed by atoms with Gasteiger partial charge in [0.05, 0.1) is 0 Å². The first-order chi connectivity index (χ1) is 11.9. The van der Waals surface area contributed by atoms with Crippen LogP contribution in [0.3, 0.4) is 0 Å². The number of nitrogens with one attached hydrogen (secondary N) is 3. The molecule has 0 aliphatic carbocycles. The molecule has 3 N–H and O–H groups in total. The number of ether oxygens (including phenoxy) is 1. The fourth-order valence-electron chi connectivity index (χ4n) is 2.16. The lowest BCUT2D eigenvalue weighted by Gasteiger charge is -2.12. The fourth-order valence-corrected chi connectivity index (χ4v) is 2.16. The molecule has 2 aromatic carbocycles. The van der Waals surface area contributed by atoms with Gasteiger partial charge in [-0.05, 0) is 50.6 Å². The maximum absolute atomic E-state index is 12.0. The fraction of sp³-hybridized carbons (Fsp3) is 0.263. The molecule has 0 unspecified atom stereocenters. The molecule has 0 spiro atoms. The third-order valence-electron chi connectivity index (χ3n) is 3.28. The second-order valence-electron chi connectivity index (χ2n) is 5.94. The molecule has 0 heterocycles. The number of anilines is 2. The minimum Gasteiger partial charge on any atom is -0.483 e. The minimum atomic E-state index is -0.290. The SMILES string of the molecule is Cc1ccccc1OCC(=O)Nc1cccc(NC(=O)NC(C)C)c1. The van der Waals surface area contributed by atoms with Crippen molar-refractivity contribution in [2.24, 2.45) is 0 Å². The van der Waals surface area contributed by atoms with E-state index < -0.39 is 0 Å². The van der Waals surface area contributed by atoms with Crippen LogP contribution in [-0.4, -0.2) is 24.6 Å². The van der Waals surface area contributed by atoms with Crippen molar-refractivity contribution in [1.29, 1.82) is 0 Å². The normalized spacial score (nSPS) is 10.2. The molecule has 0 aromatic heterocycles. The number of para-hydroxylation sites is 1. The zero-order valence-corrected chi connectivity index (χ0v) is 14.6. The molecular formula is C19H23N3O3. The Labute approximate surface area is 147 Å². The second kappa shape index (κ2) is 8.73. The van der Waals surface area contributed by atoms with Crippen molar-refractivity contribution >= 4 is 23.3 Å². The maximum Gasteiger partial charge on any atom is 0.319 e. The van der Waals surface area contributed by atoms with E-state index >= 15 is 0 Å². The Morgan fingerprint density at radius 2 is 1.68 bits per heavy atom. The van der Waals surface area contributed by atoms with E-state index in [0.29, 0.717) is 17.1 Å². The van der Waals surface area contributed by atoms with Gasteiger partial charge in [0.25, 0.3) is 5.91 Å². The number of urea groups is 1. The third-order valence-corrected chi connectivity index (χ3v) is 3.28. The van der Waals surface area contributed by atoms with Gasteiger partial charge in [-0.25, -0.2) is 4.79 Å². The Morgan fingerprint density at radius 1 is 1.00 bits per heavy atom. The van der Waals surface area contributed by atoms with Crippen LogP contribution in [0.25, 0.3) is 0 Å². The van der Waals surface area contributed by atoms with Gasteiger partial charge in [-0.2, -0.15) is 0 Å². The molecule has 0 radical (unpaired) electrons. The molecule has 6 nitrogen and oxygen atoms in total. The molecule has 0 aliphatic rings. The smallest absolute Gasteiger partial charge is 0.319 e. The first-order valence-electron chi connectivity index (χ1n) is 8.10. The zero-order chi connectivity index (χ0) is 18.2. The Hall–Kier alpha value is -3.02. The number of hydrogen-bond acceptors (Lipinski definition) is 3. The Balaban J connectivity index is 1.89. The summed E-state index contributed by atoms with van der Waals surface area (Å²) in [4.78, 5) is 23.8. The first-order valence-corrected chi connectivity index (χ1v) is 8.10. The predicted octanol–water partition coefficient (Wildman–Crippen LogP) is 3.54. The average Bonchev–Trinajstić information content (AvgIpc) is 2.53. The summed E-state index contributed by atoms with van der Waals surface area (Å²) in [5.41, 5.74) is 2.15. The van der Waals surface area contributed by atoms with Crippen LogP contribution in [0.1, 0.15) is 19.4 Å². The number of amides is 3. The van der Waals surface area contributed by atoms with Gasteiger partial charge in [-0.3, -0.25) is 4.79 Å². The van der Waals surface area contributed by atoms with Crippen molar-refractivity contribution in [3.8, 4) is 5.75 Å². The van der Waals surface area contributed by atoms with Crippen LogP contribution in [0.4, 0.5) is 16.2 Å². The van der Waals surface area contributed by atoms with Crippen molar-refractivity contribution in [1.82, 2.24) is 5.32 Å². The summed E-state index contributed by atoms with van der Waals surface area (Å²) in [7, 11) is 0. The van der Waals surface area contributed by atoms with Gasteiger partial charge in [0.1, 0.15) is 5.75 Å². The van der Waals surface area contributed by atoms with E-state index in [1.165, 1.54) is 0 Å². The summed E-state index contributed by atoms with van der Waals surface area (Å²) in [6.45, 7) is 5.59. The number of rotatable bonds is 6. The van der Waals surface area contributed by atoms with Crippen LogP contribution in [-0.2, 0) is 4.79 Å². The summed E-state index contributed by atoms with van der Waals surface area (Å²) >= 11 is 0. The van der Waals surface area contributed by atoms with Gasteiger partial charge >= 0.3 is 6.03 Å². The number of carbonyl (C=O) groups is 2. The van der Waals surface area contributed by atoms with Gasteiger partial charge in [0, 0.05) is 17.4 Å². The maximum atomic E-state index is 12.0. The number of hydrogen-bond donors (Lipinski definition) is 3. The molecule has 0 atom stereocenters. The predicted molar refractivity (Wildman–Crippen MR) is 99.0 cm³/mol. The summed E-state index contributed by atoms with van der Waals surface area (Å²) in [5.74, 6) is 0.408. The van der Waals surface area contributed by atoms with E-state index in [0.717, 1.165) is 5.56 Å². The molecule has 2 rings (SSSR count). The van der Waals surface area contributed by atoms with Crippen LogP contribution in [0, 0.1) is 6.92 Å². The van der Waals surface area contributed by atoms with Crippen molar-refractivity contribution < 1.29 is 14.3 Å². The number of benzene rings is 2. The van der Waals surface area contributed by atoms with Crippen LogP contribution in [0.5, 0.6) is 5.75 Å². The van der Waals surface area contributed by atoms with Crippen molar-refractivity contribution in [2.45, 2.75) is 26.8 Å². The van der Waals surface area contributed by atoms with E-state index in [9.17, 15) is 9.59 Å². The minimum absolute atomic E-state index is 0.0430. The van der Waals surface area contributed by atoms with Gasteiger partial charge < -0.3 is 20.7 Å². The summed E-state index contributed by atoms with van der Waals surface area (Å²) < 4.78 is 5.52. The molecular weight excluding hydrogens is 318 g/mol. The highest BCUT2D eigenvalue weighted by atomic mass is 16.5. The highest BCUT2D eigenvalue weighted by Gasteiger charge is 2.07. The zero-order valence-electron chi connectivity index (χ0n) is 14.6. The van der Waals surface area contributed by atoms with Crippen molar-refractivity contribution in [3.05, 3.63) is 54.1 Å². The van der Waals surface area contributed by atoms with E-state index in [1.54, 1.807) is 24.3 Å². The molecule has 2 aromatic rings. The Morgan fingerprint density at radius 3 is 2.36 bits per heavy atom. The highest BCUT2D eigenvalue weighted by molar-refractivity contribution is 5.94. The third kappa shape index (κ3) is 6.18. The summed E-state index contributed by atoms with van der Waals surface area (Å²) in [5, 5.41) is 8.21. The molecule has 25 heavy (non-hydrogen) atoms. The summed E-state index contributed by atoms with van der Waals surface area (Å²) in [6.07, 6.45) is 0. The second-order valence-corrected chi connectivity index (χ2v) is 5.94. The number of carbonyl (C=O) groups excluding carboxylic acids is 2. The number of aryl methyl sites for hydroxylation is 1. The monoisotopic (exact) mass is 341 g/mol.